The molecule has 0 fully saturated rings. The van der Waals surface area contributed by atoms with E-state index in [1.54, 1.807) is 48.5 Å². The van der Waals surface area contributed by atoms with E-state index in [4.69, 9.17) is 14.4 Å². The number of nitriles is 1. The Kier molecular flexibility index (Phi) is 6.14. The third-order valence-electron chi connectivity index (χ3n) is 4.77. The van der Waals surface area contributed by atoms with Gasteiger partial charge < -0.3 is 9.15 Å². The van der Waals surface area contributed by atoms with Crippen LogP contribution in [0.5, 0.6) is 5.75 Å². The van der Waals surface area contributed by atoms with Crippen molar-refractivity contribution in [3.63, 3.8) is 0 Å². The topological polar surface area (TPSA) is 121 Å². The van der Waals surface area contributed by atoms with Crippen molar-refractivity contribution in [2.45, 2.75) is 0 Å². The Bertz CT molecular complexity index is 1420. The lowest BCUT2D eigenvalue weighted by atomic mass is 10.0. The Hall–Kier alpha value is -4.90. The number of rotatable bonds is 5. The largest absolute Gasteiger partial charge is 0.484 e. The van der Waals surface area contributed by atoms with E-state index in [2.05, 4.69) is 16.9 Å². The van der Waals surface area contributed by atoms with Gasteiger partial charge in [0.15, 0.2) is 6.61 Å². The third kappa shape index (κ3) is 5.06. The average molecular weight is 439 g/mol. The van der Waals surface area contributed by atoms with E-state index in [0.29, 0.717) is 22.3 Å². The van der Waals surface area contributed by atoms with E-state index in [1.165, 1.54) is 6.07 Å². The third-order valence-corrected chi connectivity index (χ3v) is 4.77. The Morgan fingerprint density at radius 2 is 1.58 bits per heavy atom. The van der Waals surface area contributed by atoms with Gasteiger partial charge in [0.1, 0.15) is 16.9 Å². The lowest BCUT2D eigenvalue weighted by Gasteiger charge is -2.09. The van der Waals surface area contributed by atoms with Gasteiger partial charge in [0.05, 0.1) is 11.6 Å². The average Bonchev–Trinajstić information content (AvgIpc) is 2.86. The number of hydrogen-bond donors (Lipinski definition) is 2. The fourth-order valence-corrected chi connectivity index (χ4v) is 3.08. The molecule has 0 radical (unpaired) electrons. The van der Waals surface area contributed by atoms with Crippen molar-refractivity contribution in [1.29, 1.82) is 5.26 Å². The van der Waals surface area contributed by atoms with Crippen molar-refractivity contribution in [1.82, 2.24) is 10.9 Å². The minimum atomic E-state index is -0.806. The fraction of sp³-hybridized carbons (Fsp3) is 0.0400. The van der Waals surface area contributed by atoms with Crippen LogP contribution in [0.4, 0.5) is 0 Å². The quantitative estimate of drug-likeness (QED) is 0.364. The summed E-state index contributed by atoms with van der Waals surface area (Å²) >= 11 is 0. The van der Waals surface area contributed by atoms with Crippen LogP contribution >= 0.6 is 0 Å². The summed E-state index contributed by atoms with van der Waals surface area (Å²) in [6.45, 7) is -0.344. The van der Waals surface area contributed by atoms with E-state index in [-0.39, 0.29) is 12.2 Å². The minimum absolute atomic E-state index is 0.228. The van der Waals surface area contributed by atoms with Crippen molar-refractivity contribution in [3.05, 3.63) is 100 Å². The number of hydrogen-bond acceptors (Lipinski definition) is 6. The van der Waals surface area contributed by atoms with Gasteiger partial charge in [-0.05, 0) is 47.5 Å². The van der Waals surface area contributed by atoms with Crippen LogP contribution in [0.15, 0.2) is 88.1 Å². The molecule has 0 aliphatic carbocycles. The maximum absolute atomic E-state index is 12.3. The first kappa shape index (κ1) is 21.3. The molecule has 8 heteroatoms. The highest BCUT2D eigenvalue weighted by molar-refractivity contribution is 5.97. The van der Waals surface area contributed by atoms with E-state index in [1.807, 2.05) is 24.3 Å². The van der Waals surface area contributed by atoms with Crippen LogP contribution in [0.25, 0.3) is 22.1 Å². The van der Waals surface area contributed by atoms with Crippen LogP contribution < -0.4 is 21.2 Å². The highest BCUT2D eigenvalue weighted by Gasteiger charge is 2.14. The SMILES string of the molecule is N#Cc1ccc(-c2ccc(OCC(=O)NNC(=O)c3cc4ccccc4oc3=O)cc2)cc1. The molecular formula is C25H17N3O5. The number of nitrogens with one attached hydrogen (secondary N) is 2. The van der Waals surface area contributed by atoms with Gasteiger partial charge in [-0.25, -0.2) is 4.79 Å². The first-order valence-electron chi connectivity index (χ1n) is 9.89. The molecule has 0 atom stereocenters. The zero-order valence-electron chi connectivity index (χ0n) is 17.2. The molecule has 0 saturated carbocycles. The number of benzene rings is 3. The van der Waals surface area contributed by atoms with Crippen LogP contribution in [0.3, 0.4) is 0 Å². The number of para-hydroxylation sites is 1. The molecule has 0 aliphatic heterocycles. The lowest BCUT2D eigenvalue weighted by molar-refractivity contribution is -0.123. The van der Waals surface area contributed by atoms with Gasteiger partial charge in [0.25, 0.3) is 11.8 Å². The zero-order chi connectivity index (χ0) is 23.2. The molecule has 4 aromatic rings. The van der Waals surface area contributed by atoms with Crippen LogP contribution in [-0.2, 0) is 4.79 Å². The summed E-state index contributed by atoms with van der Waals surface area (Å²) in [7, 11) is 0. The number of carbonyl (C=O) groups excluding carboxylic acids is 2. The maximum Gasteiger partial charge on any atom is 0.349 e. The Balaban J connectivity index is 1.30. The number of carbonyl (C=O) groups is 2. The molecule has 0 bridgehead atoms. The molecule has 0 aliphatic rings. The molecule has 0 saturated heterocycles. The number of fused-ring (bicyclic) bond motifs is 1. The molecule has 4 rings (SSSR count). The van der Waals surface area contributed by atoms with E-state index >= 15 is 0 Å². The van der Waals surface area contributed by atoms with E-state index in [0.717, 1.165) is 11.1 Å². The summed E-state index contributed by atoms with van der Waals surface area (Å²) in [6.07, 6.45) is 0. The van der Waals surface area contributed by atoms with Crippen molar-refractivity contribution >= 4 is 22.8 Å². The predicted molar refractivity (Wildman–Crippen MR) is 120 cm³/mol. The molecular weight excluding hydrogens is 422 g/mol. The molecule has 0 spiro atoms. The smallest absolute Gasteiger partial charge is 0.349 e. The Morgan fingerprint density at radius 1 is 0.909 bits per heavy atom. The Labute approximate surface area is 188 Å². The molecule has 8 nitrogen and oxygen atoms in total. The van der Waals surface area contributed by atoms with Crippen LogP contribution in [0, 0.1) is 11.3 Å². The van der Waals surface area contributed by atoms with Crippen LogP contribution in [0.2, 0.25) is 0 Å². The van der Waals surface area contributed by atoms with Gasteiger partial charge in [-0.1, -0.05) is 42.5 Å². The Morgan fingerprint density at radius 3 is 2.27 bits per heavy atom. The van der Waals surface area contributed by atoms with Crippen molar-refractivity contribution < 1.29 is 18.7 Å². The summed E-state index contributed by atoms with van der Waals surface area (Å²) in [6, 6.07) is 24.5. The number of nitrogens with zero attached hydrogens (tertiary/aromatic N) is 1. The molecule has 2 amide bonds. The van der Waals surface area contributed by atoms with Gasteiger partial charge in [0, 0.05) is 5.39 Å². The first-order valence-corrected chi connectivity index (χ1v) is 9.89. The van der Waals surface area contributed by atoms with Gasteiger partial charge in [-0.3, -0.25) is 20.4 Å². The molecule has 162 valence electrons. The van der Waals surface area contributed by atoms with Gasteiger partial charge in [-0.15, -0.1) is 0 Å². The second-order valence-electron chi connectivity index (χ2n) is 6.99. The molecule has 1 heterocycles. The van der Waals surface area contributed by atoms with E-state index < -0.39 is 17.4 Å². The highest BCUT2D eigenvalue weighted by atomic mass is 16.5. The normalized spacial score (nSPS) is 10.3. The fourth-order valence-electron chi connectivity index (χ4n) is 3.08. The van der Waals surface area contributed by atoms with Crippen molar-refractivity contribution in [3.8, 4) is 22.9 Å². The maximum atomic E-state index is 12.3. The molecule has 33 heavy (non-hydrogen) atoms. The second-order valence-corrected chi connectivity index (χ2v) is 6.99. The summed E-state index contributed by atoms with van der Waals surface area (Å²) in [5, 5.41) is 9.46. The van der Waals surface area contributed by atoms with Gasteiger partial charge >= 0.3 is 5.63 Å². The first-order chi connectivity index (χ1) is 16.0. The standard InChI is InChI=1S/C25H17N3O5/c26-14-16-5-7-17(8-6-16)18-9-11-20(12-10-18)32-15-23(29)27-28-24(30)21-13-19-3-1-2-4-22(19)33-25(21)31/h1-13H,15H2,(H,27,29)(H,28,30). The van der Waals surface area contributed by atoms with Crippen molar-refractivity contribution in [2.24, 2.45) is 0 Å². The summed E-state index contributed by atoms with van der Waals surface area (Å²) in [4.78, 5) is 36.3. The summed E-state index contributed by atoms with van der Waals surface area (Å²) in [5.74, 6) is -0.941. The summed E-state index contributed by atoms with van der Waals surface area (Å²) in [5.41, 5.74) is 6.16. The second kappa shape index (κ2) is 9.49. The number of hydrazine groups is 1. The summed E-state index contributed by atoms with van der Waals surface area (Å²) < 4.78 is 10.5. The molecule has 1 aromatic heterocycles. The number of ether oxygens (including phenoxy) is 1. The van der Waals surface area contributed by atoms with Crippen LogP contribution in [-0.4, -0.2) is 18.4 Å². The van der Waals surface area contributed by atoms with Crippen LogP contribution in [0.1, 0.15) is 15.9 Å². The molecule has 2 N–H and O–H groups in total. The van der Waals surface area contributed by atoms with Crippen molar-refractivity contribution in [2.75, 3.05) is 6.61 Å². The van der Waals surface area contributed by atoms with E-state index in [9.17, 15) is 14.4 Å². The number of amides is 2. The minimum Gasteiger partial charge on any atom is -0.484 e. The molecule has 0 unspecified atom stereocenters. The van der Waals surface area contributed by atoms with Gasteiger partial charge in [0.2, 0.25) is 0 Å². The van der Waals surface area contributed by atoms with Gasteiger partial charge in [-0.2, -0.15) is 5.26 Å². The predicted octanol–water partition coefficient (Wildman–Crippen LogP) is 3.17. The highest BCUT2D eigenvalue weighted by Crippen LogP contribution is 2.22. The monoisotopic (exact) mass is 439 g/mol. The molecule has 3 aromatic carbocycles. The zero-order valence-corrected chi connectivity index (χ0v) is 17.2. The lowest BCUT2D eigenvalue weighted by Crippen LogP contribution is -2.45.